The number of rotatable bonds is 2. The molecule has 0 radical (unpaired) electrons. The Morgan fingerprint density at radius 2 is 2.18 bits per heavy atom. The Bertz CT molecular complexity index is 577. The quantitative estimate of drug-likeness (QED) is 0.771. The van der Waals surface area contributed by atoms with Crippen LogP contribution >= 0.6 is 0 Å². The van der Waals surface area contributed by atoms with Crippen LogP contribution in [0.5, 0.6) is 0 Å². The van der Waals surface area contributed by atoms with Crippen LogP contribution in [0.15, 0.2) is 36.7 Å². The summed E-state index contributed by atoms with van der Waals surface area (Å²) in [7, 11) is 0. The zero-order chi connectivity index (χ0) is 11.7. The van der Waals surface area contributed by atoms with Crippen LogP contribution in [0.4, 0.5) is 0 Å². The minimum atomic E-state index is -0.0183. The van der Waals surface area contributed by atoms with Crippen molar-refractivity contribution < 1.29 is 4.79 Å². The highest BCUT2D eigenvalue weighted by Crippen LogP contribution is 2.13. The van der Waals surface area contributed by atoms with Crippen LogP contribution in [0, 0.1) is 0 Å². The lowest BCUT2D eigenvalue weighted by Crippen LogP contribution is -2.32. The van der Waals surface area contributed by atoms with Crippen LogP contribution in [0.1, 0.15) is 23.2 Å². The Morgan fingerprint density at radius 3 is 3.00 bits per heavy atom. The average Bonchev–Trinajstić information content (AvgIpc) is 2.97. The molecule has 17 heavy (non-hydrogen) atoms. The molecule has 2 aromatic rings. The van der Waals surface area contributed by atoms with Gasteiger partial charge in [-0.25, -0.2) is 4.98 Å². The number of benzene rings is 1. The minimum absolute atomic E-state index is 0.0183. The van der Waals surface area contributed by atoms with Gasteiger partial charge in [0.2, 0.25) is 0 Å². The normalized spacial score (nSPS) is 15.5. The summed E-state index contributed by atoms with van der Waals surface area (Å²) < 4.78 is 0. The van der Waals surface area contributed by atoms with Crippen LogP contribution < -0.4 is 5.32 Å². The number of imidazole rings is 1. The standard InChI is InChI=1S/C13H13N3O/c17-13(16-10-3-1-2-4-10)9-5-6-11-12(7-9)15-8-14-11/h1-2,5-8,10H,3-4H2,(H,14,15)(H,16,17). The number of amides is 1. The van der Waals surface area contributed by atoms with E-state index < -0.39 is 0 Å². The van der Waals surface area contributed by atoms with E-state index in [1.54, 1.807) is 12.4 Å². The maximum absolute atomic E-state index is 12.0. The minimum Gasteiger partial charge on any atom is -0.349 e. The fourth-order valence-corrected chi connectivity index (χ4v) is 2.08. The van der Waals surface area contributed by atoms with Crippen molar-refractivity contribution >= 4 is 16.9 Å². The first-order valence-electron chi connectivity index (χ1n) is 5.72. The van der Waals surface area contributed by atoms with Gasteiger partial charge in [-0.3, -0.25) is 4.79 Å². The molecule has 0 aliphatic heterocycles. The topological polar surface area (TPSA) is 57.8 Å². The molecule has 0 atom stereocenters. The molecule has 0 fully saturated rings. The first-order chi connectivity index (χ1) is 8.33. The largest absolute Gasteiger partial charge is 0.349 e. The molecule has 1 amide bonds. The number of aromatic amines is 1. The van der Waals surface area contributed by atoms with E-state index in [0.29, 0.717) is 5.56 Å². The summed E-state index contributed by atoms with van der Waals surface area (Å²) in [6.07, 6.45) is 7.69. The zero-order valence-electron chi connectivity index (χ0n) is 9.31. The van der Waals surface area contributed by atoms with Gasteiger partial charge >= 0.3 is 0 Å². The molecule has 1 aromatic heterocycles. The van der Waals surface area contributed by atoms with Gasteiger partial charge in [0.05, 0.1) is 17.4 Å². The Morgan fingerprint density at radius 1 is 1.35 bits per heavy atom. The molecular weight excluding hydrogens is 214 g/mol. The SMILES string of the molecule is O=C(NC1CC=CC1)c1ccc2nc[nH]c2c1. The van der Waals surface area contributed by atoms with Crippen molar-refractivity contribution in [2.45, 2.75) is 18.9 Å². The van der Waals surface area contributed by atoms with Crippen molar-refractivity contribution in [3.63, 3.8) is 0 Å². The summed E-state index contributed by atoms with van der Waals surface area (Å²) >= 11 is 0. The summed E-state index contributed by atoms with van der Waals surface area (Å²) in [6, 6.07) is 5.74. The van der Waals surface area contributed by atoms with E-state index >= 15 is 0 Å². The fourth-order valence-electron chi connectivity index (χ4n) is 2.08. The lowest BCUT2D eigenvalue weighted by atomic mass is 10.1. The van der Waals surface area contributed by atoms with Crippen molar-refractivity contribution in [3.05, 3.63) is 42.2 Å². The number of nitrogens with one attached hydrogen (secondary N) is 2. The van der Waals surface area contributed by atoms with Gasteiger partial charge in [-0.05, 0) is 31.0 Å². The van der Waals surface area contributed by atoms with Crippen LogP contribution in [-0.2, 0) is 0 Å². The molecule has 0 saturated carbocycles. The lowest BCUT2D eigenvalue weighted by molar-refractivity contribution is 0.0939. The number of fused-ring (bicyclic) bond motifs is 1. The average molecular weight is 227 g/mol. The Hall–Kier alpha value is -2.10. The predicted octanol–water partition coefficient (Wildman–Crippen LogP) is 2.01. The first-order valence-corrected chi connectivity index (χ1v) is 5.72. The second-order valence-corrected chi connectivity index (χ2v) is 4.25. The van der Waals surface area contributed by atoms with E-state index in [2.05, 4.69) is 27.4 Å². The van der Waals surface area contributed by atoms with Crippen molar-refractivity contribution in [2.24, 2.45) is 0 Å². The number of aromatic nitrogens is 2. The third kappa shape index (κ3) is 1.93. The van der Waals surface area contributed by atoms with Crippen molar-refractivity contribution in [1.82, 2.24) is 15.3 Å². The van der Waals surface area contributed by atoms with Gasteiger partial charge in [-0.2, -0.15) is 0 Å². The van der Waals surface area contributed by atoms with Crippen molar-refractivity contribution in [3.8, 4) is 0 Å². The molecule has 1 aromatic carbocycles. The Labute approximate surface area is 98.7 Å². The maximum Gasteiger partial charge on any atom is 0.251 e. The van der Waals surface area contributed by atoms with Gasteiger partial charge < -0.3 is 10.3 Å². The summed E-state index contributed by atoms with van der Waals surface area (Å²) in [4.78, 5) is 19.1. The molecule has 1 heterocycles. The van der Waals surface area contributed by atoms with Crippen LogP contribution in [0.2, 0.25) is 0 Å². The molecule has 0 unspecified atom stereocenters. The summed E-state index contributed by atoms with van der Waals surface area (Å²) in [5.41, 5.74) is 2.44. The molecule has 0 saturated heterocycles. The van der Waals surface area contributed by atoms with Gasteiger partial charge in [0.25, 0.3) is 5.91 Å². The lowest BCUT2D eigenvalue weighted by Gasteiger charge is -2.11. The van der Waals surface area contributed by atoms with Crippen LogP contribution in [0.25, 0.3) is 11.0 Å². The number of nitrogens with zero attached hydrogens (tertiary/aromatic N) is 1. The molecule has 4 heteroatoms. The highest BCUT2D eigenvalue weighted by molar-refractivity contribution is 5.97. The van der Waals surface area contributed by atoms with E-state index in [1.165, 1.54) is 0 Å². The van der Waals surface area contributed by atoms with E-state index in [1.807, 2.05) is 12.1 Å². The Kier molecular flexibility index (Phi) is 2.40. The van der Waals surface area contributed by atoms with E-state index in [0.717, 1.165) is 23.9 Å². The third-order valence-electron chi connectivity index (χ3n) is 3.03. The number of hydrogen-bond donors (Lipinski definition) is 2. The van der Waals surface area contributed by atoms with Gasteiger partial charge in [-0.15, -0.1) is 0 Å². The van der Waals surface area contributed by atoms with E-state index in [9.17, 15) is 4.79 Å². The van der Waals surface area contributed by atoms with Crippen LogP contribution in [0.3, 0.4) is 0 Å². The second kappa shape index (κ2) is 4.05. The number of carbonyl (C=O) groups is 1. The first kappa shape index (κ1) is 10.1. The van der Waals surface area contributed by atoms with E-state index in [4.69, 9.17) is 0 Å². The molecule has 86 valence electrons. The molecule has 1 aliphatic rings. The van der Waals surface area contributed by atoms with Gasteiger partial charge in [0, 0.05) is 11.6 Å². The molecule has 4 nitrogen and oxygen atoms in total. The number of hydrogen-bond acceptors (Lipinski definition) is 2. The molecular formula is C13H13N3O. The maximum atomic E-state index is 12.0. The smallest absolute Gasteiger partial charge is 0.251 e. The molecule has 0 spiro atoms. The molecule has 2 N–H and O–H groups in total. The van der Waals surface area contributed by atoms with Crippen LogP contribution in [-0.4, -0.2) is 21.9 Å². The highest BCUT2D eigenvalue weighted by Gasteiger charge is 2.14. The van der Waals surface area contributed by atoms with Crippen molar-refractivity contribution in [2.75, 3.05) is 0 Å². The zero-order valence-corrected chi connectivity index (χ0v) is 9.31. The second-order valence-electron chi connectivity index (χ2n) is 4.25. The monoisotopic (exact) mass is 227 g/mol. The van der Waals surface area contributed by atoms with Gasteiger partial charge in [0.15, 0.2) is 0 Å². The van der Waals surface area contributed by atoms with Gasteiger partial charge in [0.1, 0.15) is 0 Å². The van der Waals surface area contributed by atoms with Crippen molar-refractivity contribution in [1.29, 1.82) is 0 Å². The Balaban J connectivity index is 1.79. The number of H-pyrrole nitrogens is 1. The third-order valence-corrected chi connectivity index (χ3v) is 3.03. The molecule has 1 aliphatic carbocycles. The summed E-state index contributed by atoms with van der Waals surface area (Å²) in [5.74, 6) is -0.0183. The molecule has 0 bridgehead atoms. The van der Waals surface area contributed by atoms with Gasteiger partial charge in [-0.1, -0.05) is 12.2 Å². The number of carbonyl (C=O) groups excluding carboxylic acids is 1. The van der Waals surface area contributed by atoms with E-state index in [-0.39, 0.29) is 11.9 Å². The summed E-state index contributed by atoms with van der Waals surface area (Å²) in [6.45, 7) is 0. The highest BCUT2D eigenvalue weighted by atomic mass is 16.1. The fraction of sp³-hybridized carbons (Fsp3) is 0.231. The molecule has 3 rings (SSSR count). The summed E-state index contributed by atoms with van der Waals surface area (Å²) in [5, 5.41) is 3.02. The predicted molar refractivity (Wildman–Crippen MR) is 65.7 cm³/mol.